The zero-order valence-corrected chi connectivity index (χ0v) is 16.2. The highest BCUT2D eigenvalue weighted by Crippen LogP contribution is 2.28. The number of hydrogen-bond donors (Lipinski definition) is 1. The lowest BCUT2D eigenvalue weighted by Crippen LogP contribution is -2.40. The predicted octanol–water partition coefficient (Wildman–Crippen LogP) is 4.85. The Morgan fingerprint density at radius 2 is 1.88 bits per heavy atom. The van der Waals surface area contributed by atoms with E-state index >= 15 is 0 Å². The highest BCUT2D eigenvalue weighted by atomic mass is 35.5. The van der Waals surface area contributed by atoms with Gasteiger partial charge in [-0.2, -0.15) is 0 Å². The summed E-state index contributed by atoms with van der Waals surface area (Å²) in [6.45, 7) is 2.29. The molecule has 1 aliphatic rings. The van der Waals surface area contributed by atoms with E-state index in [0.29, 0.717) is 23.1 Å². The monoisotopic (exact) mass is 392 g/mol. The van der Waals surface area contributed by atoms with Crippen LogP contribution in [0.5, 0.6) is 5.75 Å². The molecule has 1 amide bonds. The summed E-state index contributed by atoms with van der Waals surface area (Å²) in [5.74, 6) is 0.765. The van der Waals surface area contributed by atoms with Crippen molar-refractivity contribution < 1.29 is 9.53 Å². The van der Waals surface area contributed by atoms with Gasteiger partial charge in [-0.3, -0.25) is 9.69 Å². The molecule has 26 heavy (non-hydrogen) atoms. The van der Waals surface area contributed by atoms with Crippen LogP contribution in [0.25, 0.3) is 0 Å². The van der Waals surface area contributed by atoms with Crippen molar-refractivity contribution in [2.45, 2.75) is 19.4 Å². The normalized spacial score (nSPS) is 17.7. The van der Waals surface area contributed by atoms with Crippen LogP contribution in [0.3, 0.4) is 0 Å². The van der Waals surface area contributed by atoms with E-state index in [9.17, 15) is 4.79 Å². The maximum Gasteiger partial charge on any atom is 0.228 e. The molecule has 1 aliphatic heterocycles. The molecule has 0 aromatic heterocycles. The molecule has 2 aromatic carbocycles. The van der Waals surface area contributed by atoms with Gasteiger partial charge in [-0.25, -0.2) is 0 Å². The van der Waals surface area contributed by atoms with Gasteiger partial charge >= 0.3 is 0 Å². The van der Waals surface area contributed by atoms with Crippen molar-refractivity contribution in [2.24, 2.45) is 5.92 Å². The molecule has 138 valence electrons. The van der Waals surface area contributed by atoms with E-state index in [-0.39, 0.29) is 11.8 Å². The van der Waals surface area contributed by atoms with Gasteiger partial charge in [0.25, 0.3) is 0 Å². The largest absolute Gasteiger partial charge is 0.497 e. The number of nitrogens with one attached hydrogen (secondary N) is 1. The first-order chi connectivity index (χ1) is 12.6. The number of piperidine rings is 1. The zero-order chi connectivity index (χ0) is 18.5. The standard InChI is InChI=1S/C20H22Cl2N2O2/c1-26-16-9-7-15(8-10-16)23-20(25)14-4-3-11-24(12-14)13-17-18(21)5-2-6-19(17)22/h2,5-10,14H,3-4,11-13H2,1H3,(H,23,25)/t14-/m0/s1. The average Bonchev–Trinajstić information content (AvgIpc) is 2.66. The number of hydrogen-bond acceptors (Lipinski definition) is 3. The zero-order valence-electron chi connectivity index (χ0n) is 14.7. The van der Waals surface area contributed by atoms with Crippen LogP contribution in [-0.2, 0) is 11.3 Å². The first-order valence-corrected chi connectivity index (χ1v) is 9.42. The van der Waals surface area contributed by atoms with Crippen LogP contribution in [0.4, 0.5) is 5.69 Å². The summed E-state index contributed by atoms with van der Waals surface area (Å²) in [6.07, 6.45) is 1.86. The molecule has 0 radical (unpaired) electrons. The number of carbonyl (C=O) groups excluding carboxylic acids is 1. The number of anilines is 1. The van der Waals surface area contributed by atoms with Gasteiger partial charge in [0.15, 0.2) is 0 Å². The van der Waals surface area contributed by atoms with E-state index in [1.807, 2.05) is 42.5 Å². The van der Waals surface area contributed by atoms with Crippen molar-refractivity contribution in [1.82, 2.24) is 4.90 Å². The minimum atomic E-state index is -0.0490. The van der Waals surface area contributed by atoms with Gasteiger partial charge in [-0.1, -0.05) is 29.3 Å². The number of methoxy groups -OCH3 is 1. The third-order valence-electron chi connectivity index (χ3n) is 4.68. The van der Waals surface area contributed by atoms with Gasteiger partial charge in [0.2, 0.25) is 5.91 Å². The Labute approximate surface area is 164 Å². The van der Waals surface area contributed by atoms with E-state index in [2.05, 4.69) is 10.2 Å². The van der Waals surface area contributed by atoms with Crippen molar-refractivity contribution in [3.63, 3.8) is 0 Å². The fraction of sp³-hybridized carbons (Fsp3) is 0.350. The maximum atomic E-state index is 12.6. The Balaban J connectivity index is 1.61. The van der Waals surface area contributed by atoms with Crippen molar-refractivity contribution in [3.8, 4) is 5.75 Å². The Kier molecular flexibility index (Phi) is 6.41. The van der Waals surface area contributed by atoms with Gasteiger partial charge < -0.3 is 10.1 Å². The van der Waals surface area contributed by atoms with E-state index in [1.165, 1.54) is 0 Å². The molecule has 3 rings (SSSR count). The number of halogens is 2. The number of benzene rings is 2. The SMILES string of the molecule is COc1ccc(NC(=O)[C@H]2CCCN(Cc3c(Cl)cccc3Cl)C2)cc1. The number of rotatable bonds is 5. The second-order valence-electron chi connectivity index (χ2n) is 6.49. The van der Waals surface area contributed by atoms with Gasteiger partial charge in [-0.15, -0.1) is 0 Å². The molecular formula is C20H22Cl2N2O2. The van der Waals surface area contributed by atoms with Gasteiger partial charge in [0.1, 0.15) is 5.75 Å². The maximum absolute atomic E-state index is 12.6. The molecule has 1 saturated heterocycles. The molecule has 0 saturated carbocycles. The molecule has 1 fully saturated rings. The Hall–Kier alpha value is -1.75. The van der Waals surface area contributed by atoms with Crippen LogP contribution in [0, 0.1) is 5.92 Å². The Morgan fingerprint density at radius 3 is 2.54 bits per heavy atom. The van der Waals surface area contributed by atoms with E-state index in [0.717, 1.165) is 36.4 Å². The fourth-order valence-corrected chi connectivity index (χ4v) is 3.76. The summed E-state index contributed by atoms with van der Waals surface area (Å²) in [5, 5.41) is 4.33. The van der Waals surface area contributed by atoms with Crippen LogP contribution in [-0.4, -0.2) is 31.0 Å². The minimum absolute atomic E-state index is 0.0464. The second kappa shape index (κ2) is 8.76. The van der Waals surface area contributed by atoms with E-state index in [4.69, 9.17) is 27.9 Å². The Bertz CT molecular complexity index is 745. The van der Waals surface area contributed by atoms with E-state index < -0.39 is 0 Å². The number of amides is 1. The number of carbonyl (C=O) groups is 1. The highest BCUT2D eigenvalue weighted by molar-refractivity contribution is 6.35. The summed E-state index contributed by atoms with van der Waals surface area (Å²) < 4.78 is 5.14. The molecular weight excluding hydrogens is 371 g/mol. The minimum Gasteiger partial charge on any atom is -0.497 e. The smallest absolute Gasteiger partial charge is 0.228 e. The van der Waals surface area contributed by atoms with Crippen LogP contribution in [0.2, 0.25) is 10.0 Å². The topological polar surface area (TPSA) is 41.6 Å². The first-order valence-electron chi connectivity index (χ1n) is 8.67. The van der Waals surface area contributed by atoms with E-state index in [1.54, 1.807) is 7.11 Å². The van der Waals surface area contributed by atoms with Gasteiger partial charge in [0.05, 0.1) is 13.0 Å². The molecule has 2 aromatic rings. The van der Waals surface area contributed by atoms with Crippen LogP contribution in [0.1, 0.15) is 18.4 Å². The Morgan fingerprint density at radius 1 is 1.19 bits per heavy atom. The third-order valence-corrected chi connectivity index (χ3v) is 5.39. The second-order valence-corrected chi connectivity index (χ2v) is 7.31. The van der Waals surface area contributed by atoms with Crippen molar-refractivity contribution in [1.29, 1.82) is 0 Å². The summed E-state index contributed by atoms with van der Waals surface area (Å²) in [7, 11) is 1.62. The lowest BCUT2D eigenvalue weighted by molar-refractivity contribution is -0.121. The third kappa shape index (κ3) is 4.70. The number of nitrogens with zero attached hydrogens (tertiary/aromatic N) is 1. The van der Waals surface area contributed by atoms with Crippen molar-refractivity contribution in [3.05, 3.63) is 58.1 Å². The molecule has 0 unspecified atom stereocenters. The molecule has 0 aliphatic carbocycles. The van der Waals surface area contributed by atoms with Crippen molar-refractivity contribution >= 4 is 34.8 Å². The van der Waals surface area contributed by atoms with Crippen LogP contribution >= 0.6 is 23.2 Å². The summed E-state index contributed by atoms with van der Waals surface area (Å²) >= 11 is 12.6. The average molecular weight is 393 g/mol. The quantitative estimate of drug-likeness (QED) is 0.790. The predicted molar refractivity (Wildman–Crippen MR) is 106 cm³/mol. The molecule has 1 N–H and O–H groups in total. The van der Waals surface area contributed by atoms with Gasteiger partial charge in [-0.05, 0) is 55.8 Å². The van der Waals surface area contributed by atoms with Crippen LogP contribution < -0.4 is 10.1 Å². The number of likely N-dealkylation sites (tertiary alicyclic amines) is 1. The fourth-order valence-electron chi connectivity index (χ4n) is 3.24. The van der Waals surface area contributed by atoms with Gasteiger partial charge in [0, 0.05) is 34.4 Å². The lowest BCUT2D eigenvalue weighted by Gasteiger charge is -2.32. The van der Waals surface area contributed by atoms with Crippen molar-refractivity contribution in [2.75, 3.05) is 25.5 Å². The number of ether oxygens (including phenoxy) is 1. The van der Waals surface area contributed by atoms with Crippen LogP contribution in [0.15, 0.2) is 42.5 Å². The molecule has 6 heteroatoms. The molecule has 1 heterocycles. The molecule has 1 atom stereocenters. The first kappa shape index (κ1) is 19.0. The molecule has 0 spiro atoms. The summed E-state index contributed by atoms with van der Waals surface area (Å²) in [6, 6.07) is 12.9. The molecule has 0 bridgehead atoms. The molecule has 4 nitrogen and oxygen atoms in total. The summed E-state index contributed by atoms with van der Waals surface area (Å²) in [4.78, 5) is 14.9. The lowest BCUT2D eigenvalue weighted by atomic mass is 9.96. The summed E-state index contributed by atoms with van der Waals surface area (Å²) in [5.41, 5.74) is 1.70. The highest BCUT2D eigenvalue weighted by Gasteiger charge is 2.26.